The zero-order valence-electron chi connectivity index (χ0n) is 10.8. The minimum absolute atomic E-state index is 0.419. The minimum atomic E-state index is -0.629. The highest BCUT2D eigenvalue weighted by Gasteiger charge is 2.06. The maximum Gasteiger partial charge on any atom is 0.339 e. The van der Waals surface area contributed by atoms with E-state index in [2.05, 4.69) is 15.2 Å². The molecule has 0 saturated heterocycles. The molecule has 2 N–H and O–H groups in total. The number of carbonyl (C=O) groups excluding carboxylic acids is 1. The zero-order valence-corrected chi connectivity index (χ0v) is 10.8. The molecule has 0 radical (unpaired) electrons. The Morgan fingerprint density at radius 3 is 2.71 bits per heavy atom. The lowest BCUT2D eigenvalue weighted by Crippen LogP contribution is -2.20. The molecule has 0 aliphatic carbocycles. The van der Waals surface area contributed by atoms with Crippen molar-refractivity contribution in [3.05, 3.63) is 60.1 Å². The number of aromatic nitrogens is 5. The molecule has 21 heavy (non-hydrogen) atoms. The van der Waals surface area contributed by atoms with Gasteiger partial charge in [0.05, 0.1) is 18.1 Å². The van der Waals surface area contributed by atoms with Gasteiger partial charge in [-0.05, 0) is 17.7 Å². The number of primary amides is 1. The van der Waals surface area contributed by atoms with Crippen LogP contribution < -0.4 is 5.73 Å². The van der Waals surface area contributed by atoms with Crippen molar-refractivity contribution in [2.45, 2.75) is 6.42 Å². The normalized spacial score (nSPS) is 10.7. The van der Waals surface area contributed by atoms with Crippen LogP contribution in [-0.4, -0.2) is 30.6 Å². The summed E-state index contributed by atoms with van der Waals surface area (Å²) in [5, 5.41) is 7.87. The van der Waals surface area contributed by atoms with Crippen LogP contribution in [0.5, 0.6) is 0 Å². The smallest absolute Gasteiger partial charge is 0.339 e. The summed E-state index contributed by atoms with van der Waals surface area (Å²) in [5.74, 6) is 0.100. The number of hydrogen-bond donors (Lipinski definition) is 1. The molecule has 0 aliphatic heterocycles. The molecule has 0 spiro atoms. The van der Waals surface area contributed by atoms with Crippen LogP contribution in [0.2, 0.25) is 0 Å². The maximum atomic E-state index is 12.9. The van der Waals surface area contributed by atoms with Gasteiger partial charge in [-0.15, -0.1) is 0 Å². The summed E-state index contributed by atoms with van der Waals surface area (Å²) in [6.07, 6.45) is 6.04. The molecule has 0 fully saturated rings. The monoisotopic (exact) mass is 286 g/mol. The molecule has 7 nitrogen and oxygen atoms in total. The fourth-order valence-electron chi connectivity index (χ4n) is 1.87. The third-order valence-corrected chi connectivity index (χ3v) is 2.85. The summed E-state index contributed by atoms with van der Waals surface area (Å²) in [5.41, 5.74) is 6.72. The third-order valence-electron chi connectivity index (χ3n) is 2.85. The van der Waals surface area contributed by atoms with Gasteiger partial charge in [0, 0.05) is 18.8 Å². The Labute approximate surface area is 118 Å². The first kappa shape index (κ1) is 13.0. The zero-order chi connectivity index (χ0) is 14.8. The van der Waals surface area contributed by atoms with Crippen LogP contribution in [0.3, 0.4) is 0 Å². The Morgan fingerprint density at radius 2 is 2.14 bits per heavy atom. The molecule has 0 bridgehead atoms. The number of nitrogens with two attached hydrogens (primary N) is 1. The number of carbonyl (C=O) groups is 1. The van der Waals surface area contributed by atoms with E-state index in [4.69, 9.17) is 5.73 Å². The summed E-state index contributed by atoms with van der Waals surface area (Å²) in [6.45, 7) is 0. The van der Waals surface area contributed by atoms with Crippen molar-refractivity contribution in [3.8, 4) is 5.82 Å². The van der Waals surface area contributed by atoms with Crippen molar-refractivity contribution in [3.63, 3.8) is 0 Å². The van der Waals surface area contributed by atoms with Gasteiger partial charge in [0.2, 0.25) is 0 Å². The second-order valence-corrected chi connectivity index (χ2v) is 4.39. The maximum absolute atomic E-state index is 12.9. The van der Waals surface area contributed by atoms with Crippen molar-refractivity contribution < 1.29 is 9.18 Å². The van der Waals surface area contributed by atoms with Crippen LogP contribution in [0.15, 0.2) is 43.0 Å². The number of nitrogens with zero attached hydrogens (tertiary/aromatic N) is 5. The van der Waals surface area contributed by atoms with Gasteiger partial charge in [-0.2, -0.15) is 14.9 Å². The average Bonchev–Trinajstić information content (AvgIpc) is 3.09. The molecule has 3 aromatic rings. The van der Waals surface area contributed by atoms with Crippen LogP contribution in [-0.2, 0) is 6.42 Å². The summed E-state index contributed by atoms with van der Waals surface area (Å²) in [6, 6.07) is 4.65. The molecule has 3 rings (SSSR count). The first-order chi connectivity index (χ1) is 10.1. The van der Waals surface area contributed by atoms with Crippen LogP contribution in [0.1, 0.15) is 11.3 Å². The Hall–Kier alpha value is -3.03. The Bertz CT molecular complexity index is 776. The minimum Gasteiger partial charge on any atom is -0.350 e. The lowest BCUT2D eigenvalue weighted by atomic mass is 10.1. The van der Waals surface area contributed by atoms with E-state index in [0.29, 0.717) is 17.9 Å². The van der Waals surface area contributed by atoms with Crippen LogP contribution >= 0.6 is 0 Å². The van der Waals surface area contributed by atoms with E-state index in [9.17, 15) is 9.18 Å². The standard InChI is InChI=1S/C13H11FN6O/c14-10-7-17-20(8-10)12-2-1-9(6-16-12)5-11-3-4-19(18-11)13(15)21/h1-4,6-8H,5H2,(H2,15,21). The first-order valence-electron chi connectivity index (χ1n) is 6.11. The van der Waals surface area contributed by atoms with Gasteiger partial charge >= 0.3 is 6.03 Å². The van der Waals surface area contributed by atoms with E-state index in [1.165, 1.54) is 17.1 Å². The summed E-state index contributed by atoms with van der Waals surface area (Å²) < 4.78 is 15.3. The lowest BCUT2D eigenvalue weighted by Gasteiger charge is -2.02. The molecular formula is C13H11FN6O. The third kappa shape index (κ3) is 2.78. The second-order valence-electron chi connectivity index (χ2n) is 4.39. The molecule has 0 atom stereocenters. The van der Waals surface area contributed by atoms with Gasteiger partial charge < -0.3 is 5.73 Å². The van der Waals surface area contributed by atoms with Gasteiger partial charge in [-0.25, -0.2) is 18.9 Å². The summed E-state index contributed by atoms with van der Waals surface area (Å²) >= 11 is 0. The predicted molar refractivity (Wildman–Crippen MR) is 71.3 cm³/mol. The van der Waals surface area contributed by atoms with Crippen LogP contribution in [0.25, 0.3) is 5.82 Å². The SMILES string of the molecule is NC(=O)n1ccc(Cc2ccc(-n3cc(F)cn3)nc2)n1. The highest BCUT2D eigenvalue weighted by molar-refractivity contribution is 5.73. The fourth-order valence-corrected chi connectivity index (χ4v) is 1.87. The Morgan fingerprint density at radius 1 is 1.29 bits per heavy atom. The molecule has 0 aromatic carbocycles. The van der Waals surface area contributed by atoms with Crippen molar-refractivity contribution in [2.75, 3.05) is 0 Å². The summed E-state index contributed by atoms with van der Waals surface area (Å²) in [7, 11) is 0. The second kappa shape index (κ2) is 5.16. The predicted octanol–water partition coefficient (Wildman–Crippen LogP) is 1.12. The van der Waals surface area contributed by atoms with Crippen LogP contribution in [0.4, 0.5) is 9.18 Å². The van der Waals surface area contributed by atoms with Crippen molar-refractivity contribution in [1.82, 2.24) is 24.5 Å². The molecule has 1 amide bonds. The Kier molecular flexibility index (Phi) is 3.19. The largest absolute Gasteiger partial charge is 0.350 e. The molecule has 0 aliphatic rings. The molecule has 3 heterocycles. The number of hydrogen-bond acceptors (Lipinski definition) is 4. The molecular weight excluding hydrogens is 275 g/mol. The summed E-state index contributed by atoms with van der Waals surface area (Å²) in [4.78, 5) is 15.1. The van der Waals surface area contributed by atoms with E-state index in [-0.39, 0.29) is 0 Å². The molecule has 0 unspecified atom stereocenters. The van der Waals surface area contributed by atoms with Gasteiger partial charge in [0.25, 0.3) is 0 Å². The molecule has 8 heteroatoms. The van der Waals surface area contributed by atoms with Gasteiger partial charge in [-0.3, -0.25) is 0 Å². The first-order valence-corrected chi connectivity index (χ1v) is 6.11. The van der Waals surface area contributed by atoms with E-state index in [0.717, 1.165) is 16.4 Å². The molecule has 106 valence electrons. The topological polar surface area (TPSA) is 91.6 Å². The van der Waals surface area contributed by atoms with Crippen molar-refractivity contribution in [1.29, 1.82) is 0 Å². The number of rotatable bonds is 3. The average molecular weight is 286 g/mol. The Balaban J connectivity index is 1.76. The van der Waals surface area contributed by atoms with Crippen LogP contribution in [0, 0.1) is 5.82 Å². The van der Waals surface area contributed by atoms with E-state index >= 15 is 0 Å². The van der Waals surface area contributed by atoms with E-state index in [1.54, 1.807) is 18.3 Å². The fraction of sp³-hybridized carbons (Fsp3) is 0.0769. The molecule has 3 aromatic heterocycles. The lowest BCUT2D eigenvalue weighted by molar-refractivity contribution is 0.247. The van der Waals surface area contributed by atoms with Gasteiger partial charge in [0.15, 0.2) is 11.6 Å². The number of pyridine rings is 1. The van der Waals surface area contributed by atoms with Gasteiger partial charge in [-0.1, -0.05) is 6.07 Å². The number of halogens is 1. The van der Waals surface area contributed by atoms with Gasteiger partial charge in [0.1, 0.15) is 0 Å². The van der Waals surface area contributed by atoms with Crippen molar-refractivity contribution in [2.24, 2.45) is 5.73 Å². The van der Waals surface area contributed by atoms with E-state index < -0.39 is 11.8 Å². The molecule has 0 saturated carbocycles. The van der Waals surface area contributed by atoms with Crippen molar-refractivity contribution >= 4 is 6.03 Å². The van der Waals surface area contributed by atoms with E-state index in [1.807, 2.05) is 6.07 Å². The number of amides is 1. The highest BCUT2D eigenvalue weighted by Crippen LogP contribution is 2.10. The highest BCUT2D eigenvalue weighted by atomic mass is 19.1. The quantitative estimate of drug-likeness (QED) is 0.781.